The maximum Gasteiger partial charge on any atom is 0.275 e. The summed E-state index contributed by atoms with van der Waals surface area (Å²) < 4.78 is 11.8. The van der Waals surface area contributed by atoms with Gasteiger partial charge in [0.05, 0.1) is 0 Å². The van der Waals surface area contributed by atoms with Crippen molar-refractivity contribution >= 4 is 11.8 Å². The van der Waals surface area contributed by atoms with Crippen molar-refractivity contribution in [2.24, 2.45) is 0 Å². The summed E-state index contributed by atoms with van der Waals surface area (Å²) in [6.07, 6.45) is -1.34. The van der Waals surface area contributed by atoms with Crippen LogP contribution in [0.1, 0.15) is 58.1 Å². The Morgan fingerprint density at radius 1 is 0.731 bits per heavy atom. The number of rotatable bonds is 4. The fourth-order valence-corrected chi connectivity index (χ4v) is 3.60. The Labute approximate surface area is 151 Å². The average Bonchev–Trinajstić information content (AvgIpc) is 2.67. The van der Waals surface area contributed by atoms with Crippen LogP contribution >= 0.6 is 0 Å². The molecule has 0 fully saturated rings. The lowest BCUT2D eigenvalue weighted by molar-refractivity contribution is -0.195. The topological polar surface area (TPSA) is 59.1 Å². The Balaban J connectivity index is 1.93. The second-order valence-corrected chi connectivity index (χ2v) is 6.09. The fraction of sp³-hybridized carbons (Fsp3) is 0.300. The van der Waals surface area contributed by atoms with Crippen molar-refractivity contribution < 1.29 is 19.1 Å². The molecule has 2 heterocycles. The first-order chi connectivity index (χ1) is 12.7. The molecular formula is C20H20N2O4. The number of nitrogens with zero attached hydrogens (tertiary/aromatic N) is 2. The molecule has 2 aliphatic heterocycles. The highest BCUT2D eigenvalue weighted by Gasteiger charge is 2.49. The van der Waals surface area contributed by atoms with E-state index in [1.807, 2.05) is 50.2 Å². The maximum atomic E-state index is 13.2. The van der Waals surface area contributed by atoms with E-state index in [1.165, 1.54) is 10.0 Å². The van der Waals surface area contributed by atoms with Crippen LogP contribution in [-0.2, 0) is 9.47 Å². The van der Waals surface area contributed by atoms with Crippen LogP contribution in [0.25, 0.3) is 0 Å². The Morgan fingerprint density at radius 2 is 1.12 bits per heavy atom. The average molecular weight is 352 g/mol. The minimum atomic E-state index is -0.669. The quantitative estimate of drug-likeness (QED) is 0.847. The molecule has 0 N–H and O–H groups in total. The molecule has 2 aliphatic rings. The molecule has 0 bridgehead atoms. The third-order valence-electron chi connectivity index (χ3n) is 4.66. The number of hydrazine groups is 1. The van der Waals surface area contributed by atoms with E-state index in [1.54, 1.807) is 12.1 Å². The highest BCUT2D eigenvalue weighted by molar-refractivity contribution is 6.04. The smallest absolute Gasteiger partial charge is 0.275 e. The first-order valence-corrected chi connectivity index (χ1v) is 8.77. The molecule has 4 rings (SSSR count). The van der Waals surface area contributed by atoms with Gasteiger partial charge in [0.1, 0.15) is 0 Å². The molecule has 134 valence electrons. The maximum absolute atomic E-state index is 13.2. The minimum absolute atomic E-state index is 0.266. The van der Waals surface area contributed by atoms with E-state index in [0.717, 1.165) is 0 Å². The zero-order valence-electron chi connectivity index (χ0n) is 14.7. The van der Waals surface area contributed by atoms with E-state index in [2.05, 4.69) is 0 Å². The summed E-state index contributed by atoms with van der Waals surface area (Å²) in [6.45, 7) is 4.55. The molecule has 0 aliphatic carbocycles. The molecule has 2 atom stereocenters. The summed E-state index contributed by atoms with van der Waals surface area (Å²) in [5.74, 6) is -0.532. The van der Waals surface area contributed by atoms with Gasteiger partial charge in [0.15, 0.2) is 12.5 Å². The zero-order chi connectivity index (χ0) is 18.3. The second-order valence-electron chi connectivity index (χ2n) is 6.09. The van der Waals surface area contributed by atoms with E-state index in [0.29, 0.717) is 35.5 Å². The molecule has 2 aromatic carbocycles. The van der Waals surface area contributed by atoms with Gasteiger partial charge < -0.3 is 9.47 Å². The van der Waals surface area contributed by atoms with E-state index < -0.39 is 12.5 Å². The summed E-state index contributed by atoms with van der Waals surface area (Å²) in [4.78, 5) is 26.5. The van der Waals surface area contributed by atoms with Gasteiger partial charge in [0.2, 0.25) is 0 Å². The number of ether oxygens (including phenoxy) is 2. The molecule has 6 heteroatoms. The SMILES string of the molecule is CCOC1c2ccccc2C(=O)N2C(OCC)c3ccccc3C(=O)N12. The third kappa shape index (κ3) is 2.34. The van der Waals surface area contributed by atoms with Gasteiger partial charge in [-0.05, 0) is 26.0 Å². The van der Waals surface area contributed by atoms with Crippen LogP contribution in [0, 0.1) is 0 Å². The Hall–Kier alpha value is -2.70. The lowest BCUT2D eigenvalue weighted by atomic mass is 9.96. The van der Waals surface area contributed by atoms with Gasteiger partial charge in [-0.3, -0.25) is 9.59 Å². The number of amides is 2. The summed E-state index contributed by atoms with van der Waals surface area (Å²) in [5, 5.41) is 2.80. The van der Waals surface area contributed by atoms with Crippen LogP contribution in [-0.4, -0.2) is 35.0 Å². The van der Waals surface area contributed by atoms with Crippen LogP contribution in [0.5, 0.6) is 0 Å². The van der Waals surface area contributed by atoms with Crippen LogP contribution < -0.4 is 0 Å². The van der Waals surface area contributed by atoms with Gasteiger partial charge >= 0.3 is 0 Å². The molecule has 0 spiro atoms. The molecular weight excluding hydrogens is 332 g/mol. The number of hydrogen-bond acceptors (Lipinski definition) is 4. The number of fused-ring (bicyclic) bond motifs is 3. The largest absolute Gasteiger partial charge is 0.352 e. The molecule has 6 nitrogen and oxygen atoms in total. The van der Waals surface area contributed by atoms with Crippen LogP contribution in [0.2, 0.25) is 0 Å². The third-order valence-corrected chi connectivity index (χ3v) is 4.66. The van der Waals surface area contributed by atoms with E-state index in [9.17, 15) is 9.59 Å². The normalized spacial score (nSPS) is 21.3. The molecule has 26 heavy (non-hydrogen) atoms. The summed E-state index contributed by atoms with van der Waals surface area (Å²) in [5.41, 5.74) is 2.44. The monoisotopic (exact) mass is 352 g/mol. The summed E-state index contributed by atoms with van der Waals surface area (Å²) in [6, 6.07) is 14.5. The van der Waals surface area contributed by atoms with Crippen molar-refractivity contribution in [3.63, 3.8) is 0 Å². The lowest BCUT2D eigenvalue weighted by Gasteiger charge is -2.49. The van der Waals surface area contributed by atoms with Crippen LogP contribution in [0.15, 0.2) is 48.5 Å². The number of hydrogen-bond donors (Lipinski definition) is 0. The standard InChI is InChI=1S/C20H20N2O4/c1-3-25-19-15-11-7-5-9-13(15)18(24)22-20(26-4-2)16-12-8-6-10-14(16)17(23)21(19)22/h5-12,19-20H,3-4H2,1-2H3. The van der Waals surface area contributed by atoms with Gasteiger partial charge in [0, 0.05) is 35.5 Å². The van der Waals surface area contributed by atoms with E-state index in [-0.39, 0.29) is 11.8 Å². The molecule has 0 saturated carbocycles. The Bertz CT molecular complexity index is 795. The molecule has 2 unspecified atom stereocenters. The molecule has 0 saturated heterocycles. The van der Waals surface area contributed by atoms with Gasteiger partial charge in [-0.25, -0.2) is 10.0 Å². The van der Waals surface area contributed by atoms with Crippen molar-refractivity contribution in [2.75, 3.05) is 13.2 Å². The minimum Gasteiger partial charge on any atom is -0.352 e. The molecule has 2 aromatic rings. The Morgan fingerprint density at radius 3 is 1.50 bits per heavy atom. The van der Waals surface area contributed by atoms with Crippen molar-refractivity contribution in [3.8, 4) is 0 Å². The van der Waals surface area contributed by atoms with Crippen molar-refractivity contribution in [1.29, 1.82) is 0 Å². The highest BCUT2D eigenvalue weighted by atomic mass is 16.5. The van der Waals surface area contributed by atoms with E-state index >= 15 is 0 Å². The lowest BCUT2D eigenvalue weighted by Crippen LogP contribution is -2.59. The number of carbonyl (C=O) groups is 2. The van der Waals surface area contributed by atoms with Crippen molar-refractivity contribution in [2.45, 2.75) is 26.3 Å². The van der Waals surface area contributed by atoms with Crippen molar-refractivity contribution in [1.82, 2.24) is 10.0 Å². The highest BCUT2D eigenvalue weighted by Crippen LogP contribution is 2.43. The van der Waals surface area contributed by atoms with Crippen LogP contribution in [0.4, 0.5) is 0 Å². The van der Waals surface area contributed by atoms with Gasteiger partial charge in [-0.15, -0.1) is 0 Å². The fourth-order valence-electron chi connectivity index (χ4n) is 3.60. The zero-order valence-corrected chi connectivity index (χ0v) is 14.7. The Kier molecular flexibility index (Phi) is 4.22. The van der Waals surface area contributed by atoms with Gasteiger partial charge in [-0.1, -0.05) is 36.4 Å². The summed E-state index contributed by atoms with van der Waals surface area (Å²) in [7, 11) is 0. The number of carbonyl (C=O) groups excluding carboxylic acids is 2. The predicted molar refractivity (Wildman–Crippen MR) is 94.0 cm³/mol. The van der Waals surface area contributed by atoms with Gasteiger partial charge in [0.25, 0.3) is 11.8 Å². The predicted octanol–water partition coefficient (Wildman–Crippen LogP) is 3.28. The molecule has 0 aromatic heterocycles. The second kappa shape index (κ2) is 6.55. The molecule has 2 amide bonds. The molecule has 0 radical (unpaired) electrons. The van der Waals surface area contributed by atoms with Gasteiger partial charge in [-0.2, -0.15) is 0 Å². The first-order valence-electron chi connectivity index (χ1n) is 8.77. The van der Waals surface area contributed by atoms with Crippen molar-refractivity contribution in [3.05, 3.63) is 70.8 Å². The van der Waals surface area contributed by atoms with Crippen LogP contribution in [0.3, 0.4) is 0 Å². The first kappa shape index (κ1) is 16.8. The van der Waals surface area contributed by atoms with E-state index in [4.69, 9.17) is 9.47 Å². The number of benzene rings is 2. The summed E-state index contributed by atoms with van der Waals surface area (Å²) >= 11 is 0.